The van der Waals surface area contributed by atoms with Crippen LogP contribution in [0.25, 0.3) is 0 Å². The minimum atomic E-state index is -0.476. The maximum Gasteiger partial charge on any atom is 0.328 e. The summed E-state index contributed by atoms with van der Waals surface area (Å²) in [6.45, 7) is 12.8. The fourth-order valence-corrected chi connectivity index (χ4v) is 4.15. The monoisotopic (exact) mass is 598 g/mol. The summed E-state index contributed by atoms with van der Waals surface area (Å²) in [7, 11) is 3.16. The van der Waals surface area contributed by atoms with Crippen molar-refractivity contribution in [2.24, 2.45) is 0 Å². The number of nitrogens with one attached hydrogen (secondary N) is 1. The summed E-state index contributed by atoms with van der Waals surface area (Å²) >= 11 is 0. The zero-order valence-electron chi connectivity index (χ0n) is 26.5. The highest BCUT2D eigenvalue weighted by molar-refractivity contribution is 6.01. The van der Waals surface area contributed by atoms with E-state index in [9.17, 15) is 19.6 Å². The highest BCUT2D eigenvalue weighted by atomic mass is 16.5. The number of ether oxygens (including phenoxy) is 3. The maximum absolute atomic E-state index is 13.1. The smallest absolute Gasteiger partial charge is 0.328 e. The Kier molecular flexibility index (Phi) is 17.8. The Bertz CT molecular complexity index is 1190. The molecule has 12 nitrogen and oxygen atoms in total. The van der Waals surface area contributed by atoms with Gasteiger partial charge in [0, 0.05) is 52.1 Å². The van der Waals surface area contributed by atoms with Gasteiger partial charge in [-0.25, -0.2) is 14.8 Å². The third-order valence-electron chi connectivity index (χ3n) is 6.01. The Balaban J connectivity index is 0.000000899. The average Bonchev–Trinajstić information content (AvgIpc) is 3.63. The number of nitrogens with zero attached hydrogens (tertiary/aromatic N) is 5. The standard InChI is InChI=1S/C23H26N6O5.C4H8O.2C2H6/c1-15(13-33-3)34-20-8-21(25-10-18(20)9-24)27-23(32)29-6-4-5-16-7-17(11-28(2)14-31)19(12-30)26-22(16)29;1-2-4-5-3-1;2*1-2/h7-8,10,12,14-15H,4-6,11,13H2,1-3H3,(H,25,27,32);1-4H2;2*1-2H3. The van der Waals surface area contributed by atoms with E-state index < -0.39 is 6.03 Å². The Hall–Kier alpha value is -4.08. The number of fused-ring (bicyclic) bond motifs is 1. The van der Waals surface area contributed by atoms with Crippen LogP contribution in [0, 0.1) is 11.3 Å². The third kappa shape index (κ3) is 11.6. The van der Waals surface area contributed by atoms with Gasteiger partial charge >= 0.3 is 6.03 Å². The minimum absolute atomic E-state index is 0.173. The number of hydrogen-bond acceptors (Lipinski definition) is 9. The van der Waals surface area contributed by atoms with Gasteiger partial charge in [0.25, 0.3) is 0 Å². The summed E-state index contributed by atoms with van der Waals surface area (Å²) in [5.74, 6) is 0.875. The first-order valence-corrected chi connectivity index (χ1v) is 14.8. The number of hydrogen-bond donors (Lipinski definition) is 1. The summed E-state index contributed by atoms with van der Waals surface area (Å²) < 4.78 is 15.8. The molecule has 4 heterocycles. The fourth-order valence-electron chi connectivity index (χ4n) is 4.15. The Morgan fingerprint density at radius 1 is 1.21 bits per heavy atom. The SMILES string of the molecule is C1CCOC1.CC.CC.COCC(C)Oc1cc(NC(=O)N2CCCc3cc(CN(C)C=O)c(C=O)nc32)ncc1C#N. The molecule has 1 N–H and O–H groups in total. The van der Waals surface area contributed by atoms with Gasteiger partial charge in [0.1, 0.15) is 40.8 Å². The summed E-state index contributed by atoms with van der Waals surface area (Å²) in [4.78, 5) is 47.1. The molecule has 2 aromatic heterocycles. The first-order chi connectivity index (χ1) is 20.9. The molecule has 43 heavy (non-hydrogen) atoms. The second kappa shape index (κ2) is 20.7. The predicted molar refractivity (Wildman–Crippen MR) is 166 cm³/mol. The lowest BCUT2D eigenvalue weighted by Gasteiger charge is -2.29. The normalized spacial score (nSPS) is 13.6. The number of rotatable bonds is 9. The van der Waals surface area contributed by atoms with Crippen LogP contribution in [0.2, 0.25) is 0 Å². The molecule has 2 aromatic rings. The molecule has 0 aliphatic carbocycles. The van der Waals surface area contributed by atoms with Gasteiger partial charge in [0.15, 0.2) is 6.29 Å². The van der Waals surface area contributed by atoms with E-state index >= 15 is 0 Å². The van der Waals surface area contributed by atoms with Crippen LogP contribution in [0.4, 0.5) is 16.4 Å². The molecule has 4 rings (SSSR count). The number of methoxy groups -OCH3 is 1. The van der Waals surface area contributed by atoms with Crippen LogP contribution in [0.15, 0.2) is 18.3 Å². The molecule has 0 spiro atoms. The van der Waals surface area contributed by atoms with E-state index in [1.54, 1.807) is 21.1 Å². The number of carbonyl (C=O) groups is 3. The molecular weight excluding hydrogens is 552 g/mol. The van der Waals surface area contributed by atoms with Gasteiger partial charge in [0.05, 0.1) is 12.8 Å². The Morgan fingerprint density at radius 3 is 2.47 bits per heavy atom. The summed E-state index contributed by atoms with van der Waals surface area (Å²) in [6, 6.07) is 4.84. The lowest BCUT2D eigenvalue weighted by atomic mass is 10.0. The number of aromatic nitrogens is 2. The van der Waals surface area contributed by atoms with Gasteiger partial charge in [-0.05, 0) is 44.2 Å². The van der Waals surface area contributed by atoms with Crippen molar-refractivity contribution in [3.63, 3.8) is 0 Å². The summed E-state index contributed by atoms with van der Waals surface area (Å²) in [6.07, 6.45) is 6.25. The quantitative estimate of drug-likeness (QED) is 0.394. The van der Waals surface area contributed by atoms with E-state index in [0.29, 0.717) is 50.1 Å². The molecule has 1 saturated heterocycles. The van der Waals surface area contributed by atoms with E-state index in [1.807, 2.05) is 39.8 Å². The molecule has 1 fully saturated rings. The third-order valence-corrected chi connectivity index (χ3v) is 6.01. The lowest BCUT2D eigenvalue weighted by molar-refractivity contribution is -0.117. The largest absolute Gasteiger partial charge is 0.487 e. The molecule has 236 valence electrons. The number of amides is 3. The molecule has 3 amide bonds. The van der Waals surface area contributed by atoms with Crippen LogP contribution < -0.4 is 15.0 Å². The topological polar surface area (TPSA) is 147 Å². The van der Waals surface area contributed by atoms with Crippen molar-refractivity contribution < 1.29 is 28.6 Å². The molecule has 0 aromatic carbocycles. The van der Waals surface area contributed by atoms with E-state index in [4.69, 9.17) is 14.2 Å². The van der Waals surface area contributed by atoms with Crippen LogP contribution in [-0.4, -0.2) is 80.2 Å². The minimum Gasteiger partial charge on any atom is -0.487 e. The summed E-state index contributed by atoms with van der Waals surface area (Å²) in [5, 5.41) is 12.0. The summed E-state index contributed by atoms with van der Waals surface area (Å²) in [5.41, 5.74) is 1.83. The first kappa shape index (κ1) is 36.9. The first-order valence-electron chi connectivity index (χ1n) is 14.8. The molecular formula is C31H46N6O6. The molecule has 2 aliphatic heterocycles. The molecule has 0 saturated carbocycles. The molecule has 2 aliphatic rings. The van der Waals surface area contributed by atoms with Gasteiger partial charge in [-0.2, -0.15) is 5.26 Å². The van der Waals surface area contributed by atoms with Crippen molar-refractivity contribution in [2.75, 3.05) is 50.7 Å². The van der Waals surface area contributed by atoms with Crippen molar-refractivity contribution >= 4 is 30.4 Å². The van der Waals surface area contributed by atoms with Crippen molar-refractivity contribution in [3.8, 4) is 11.8 Å². The zero-order valence-corrected chi connectivity index (χ0v) is 26.5. The number of aldehydes is 1. The van der Waals surface area contributed by atoms with E-state index in [-0.39, 0.29) is 35.5 Å². The molecule has 0 radical (unpaired) electrons. The van der Waals surface area contributed by atoms with Gasteiger partial charge in [-0.15, -0.1) is 0 Å². The van der Waals surface area contributed by atoms with Crippen molar-refractivity contribution in [3.05, 3.63) is 40.7 Å². The maximum atomic E-state index is 13.1. The van der Waals surface area contributed by atoms with E-state index in [2.05, 4.69) is 15.3 Å². The molecule has 1 unspecified atom stereocenters. The number of nitriles is 1. The number of urea groups is 1. The number of pyridine rings is 2. The molecule has 0 bridgehead atoms. The van der Waals surface area contributed by atoms with Crippen LogP contribution >= 0.6 is 0 Å². The van der Waals surface area contributed by atoms with Crippen LogP contribution in [-0.2, 0) is 27.2 Å². The van der Waals surface area contributed by atoms with Gasteiger partial charge in [0.2, 0.25) is 6.41 Å². The van der Waals surface area contributed by atoms with Crippen molar-refractivity contribution in [1.29, 1.82) is 5.26 Å². The van der Waals surface area contributed by atoms with Crippen LogP contribution in [0.1, 0.15) is 81.1 Å². The average molecular weight is 599 g/mol. The second-order valence-electron chi connectivity index (χ2n) is 9.22. The van der Waals surface area contributed by atoms with Gasteiger partial charge < -0.3 is 19.1 Å². The van der Waals surface area contributed by atoms with Gasteiger partial charge in [-0.3, -0.25) is 19.8 Å². The molecule has 1 atom stereocenters. The van der Waals surface area contributed by atoms with Crippen molar-refractivity contribution in [2.45, 2.75) is 73.0 Å². The number of carbonyl (C=O) groups excluding carboxylic acids is 3. The lowest BCUT2D eigenvalue weighted by Crippen LogP contribution is -2.40. The highest BCUT2D eigenvalue weighted by Crippen LogP contribution is 2.29. The van der Waals surface area contributed by atoms with Crippen LogP contribution in [0.3, 0.4) is 0 Å². The highest BCUT2D eigenvalue weighted by Gasteiger charge is 2.26. The number of aryl methyl sites for hydroxylation is 1. The van der Waals surface area contributed by atoms with Crippen LogP contribution in [0.5, 0.6) is 5.75 Å². The van der Waals surface area contributed by atoms with E-state index in [0.717, 1.165) is 18.8 Å². The van der Waals surface area contributed by atoms with Gasteiger partial charge in [-0.1, -0.05) is 27.7 Å². The Morgan fingerprint density at radius 2 is 1.91 bits per heavy atom. The second-order valence-corrected chi connectivity index (χ2v) is 9.22. The predicted octanol–water partition coefficient (Wildman–Crippen LogP) is 5.00. The number of anilines is 2. The molecule has 12 heteroatoms. The zero-order chi connectivity index (χ0) is 32.2. The fraction of sp³-hybridized carbons (Fsp3) is 0.548. The van der Waals surface area contributed by atoms with E-state index in [1.165, 1.54) is 34.9 Å². The Labute approximate surface area is 255 Å². The van der Waals surface area contributed by atoms with Crippen molar-refractivity contribution in [1.82, 2.24) is 14.9 Å².